The molecule has 9 nitrogen and oxygen atoms in total. The number of hydrogen-bond donors (Lipinski definition) is 1. The minimum absolute atomic E-state index is 0.120. The fourth-order valence-corrected chi connectivity index (χ4v) is 9.70. The first kappa shape index (κ1) is 31.2. The average molecular weight is 632 g/mol. The predicted octanol–water partition coefficient (Wildman–Crippen LogP) is 4.30. The molecule has 4 heterocycles. The molecule has 1 N–H and O–H groups in total. The number of hydrogen-bond acceptors (Lipinski definition) is 7. The van der Waals surface area contributed by atoms with Gasteiger partial charge in [-0.2, -0.15) is 0 Å². The summed E-state index contributed by atoms with van der Waals surface area (Å²) in [4.78, 5) is 49.3. The number of aliphatic hydroxyl groups excluding tert-OH is 1. The van der Waals surface area contributed by atoms with E-state index < -0.39 is 33.4 Å². The Morgan fingerprint density at radius 1 is 0.867 bits per heavy atom. The number of carbonyl (C=O) groups excluding carboxylic acids is 3. The van der Waals surface area contributed by atoms with Crippen LogP contribution in [0.25, 0.3) is 0 Å². The zero-order valence-corrected chi connectivity index (χ0v) is 27.2. The van der Waals surface area contributed by atoms with Gasteiger partial charge < -0.3 is 29.3 Å². The van der Waals surface area contributed by atoms with Crippen LogP contribution in [0.2, 0.25) is 0 Å². The number of likely N-dealkylation sites (tertiary alicyclic amines) is 1. The van der Waals surface area contributed by atoms with Gasteiger partial charge in [0.25, 0.3) is 5.91 Å². The Kier molecular flexibility index (Phi) is 8.24. The molecular formula is C35H41N3O6S. The van der Waals surface area contributed by atoms with Crippen molar-refractivity contribution in [3.63, 3.8) is 0 Å². The van der Waals surface area contributed by atoms with Crippen LogP contribution in [-0.2, 0) is 14.4 Å². The highest BCUT2D eigenvalue weighted by molar-refractivity contribution is 8.02. The van der Waals surface area contributed by atoms with Crippen molar-refractivity contribution in [1.29, 1.82) is 0 Å². The molecule has 2 saturated heterocycles. The molecule has 4 aliphatic rings. The molecule has 6 atom stereocenters. The molecule has 1 unspecified atom stereocenters. The lowest BCUT2D eigenvalue weighted by Gasteiger charge is -2.41. The smallest absolute Gasteiger partial charge is 0.251 e. The maximum atomic E-state index is 14.8. The molecule has 45 heavy (non-hydrogen) atoms. The van der Waals surface area contributed by atoms with Crippen LogP contribution in [0.3, 0.4) is 0 Å². The third-order valence-corrected chi connectivity index (χ3v) is 11.4. The van der Waals surface area contributed by atoms with E-state index in [1.54, 1.807) is 33.9 Å². The number of rotatable bonds is 8. The fourth-order valence-electron chi connectivity index (χ4n) is 7.55. The second kappa shape index (κ2) is 11.9. The third kappa shape index (κ3) is 4.93. The largest absolute Gasteiger partial charge is 0.497 e. The van der Waals surface area contributed by atoms with E-state index in [1.807, 2.05) is 88.4 Å². The van der Waals surface area contributed by atoms with Crippen molar-refractivity contribution in [1.82, 2.24) is 4.90 Å². The van der Waals surface area contributed by atoms with Crippen LogP contribution in [-0.4, -0.2) is 82.7 Å². The van der Waals surface area contributed by atoms with E-state index in [4.69, 9.17) is 9.47 Å². The molecule has 0 saturated carbocycles. The topological polar surface area (TPSA) is 99.6 Å². The zero-order chi connectivity index (χ0) is 32.1. The molecule has 0 radical (unpaired) electrons. The zero-order valence-electron chi connectivity index (χ0n) is 26.4. The van der Waals surface area contributed by atoms with Crippen LogP contribution < -0.4 is 19.3 Å². The van der Waals surface area contributed by atoms with E-state index in [9.17, 15) is 19.5 Å². The van der Waals surface area contributed by atoms with Gasteiger partial charge in [0.05, 0.1) is 42.9 Å². The molecule has 1 spiro atoms. The number of aliphatic hydroxyl groups is 1. The van der Waals surface area contributed by atoms with Crippen LogP contribution in [0.5, 0.6) is 11.5 Å². The summed E-state index contributed by atoms with van der Waals surface area (Å²) in [5, 5.41) is 10.6. The average Bonchev–Trinajstić information content (AvgIpc) is 3.29. The molecule has 0 aromatic heterocycles. The summed E-state index contributed by atoms with van der Waals surface area (Å²) in [6.07, 6.45) is 8.00. The molecule has 2 aromatic carbocycles. The SMILES string of the molecule is CCOc1ccc(N2CC=C[C@]3(C)S[C@]45C=CCN(c6ccc(OC)cc6)C(=O)C4N([C@@H](CO)C(C)C)C(=O)[C@@H]5[C@@H]3C2=O)cc1. The van der Waals surface area contributed by atoms with Crippen LogP contribution >= 0.6 is 11.8 Å². The van der Waals surface area contributed by atoms with Crippen molar-refractivity contribution in [2.45, 2.75) is 49.3 Å². The molecule has 10 heteroatoms. The normalized spacial score (nSPS) is 29.8. The van der Waals surface area contributed by atoms with Gasteiger partial charge in [0.15, 0.2) is 0 Å². The van der Waals surface area contributed by atoms with Crippen molar-refractivity contribution in [2.24, 2.45) is 17.8 Å². The Morgan fingerprint density at radius 3 is 2.00 bits per heavy atom. The number of carbonyl (C=O) groups is 3. The first-order chi connectivity index (χ1) is 21.6. The number of ether oxygens (including phenoxy) is 2. The lowest BCUT2D eigenvalue weighted by atomic mass is 9.74. The van der Waals surface area contributed by atoms with Gasteiger partial charge in [-0.3, -0.25) is 14.4 Å². The molecule has 2 aromatic rings. The summed E-state index contributed by atoms with van der Waals surface area (Å²) in [6.45, 7) is 8.75. The van der Waals surface area contributed by atoms with Gasteiger partial charge >= 0.3 is 0 Å². The highest BCUT2D eigenvalue weighted by Crippen LogP contribution is 2.66. The van der Waals surface area contributed by atoms with Gasteiger partial charge in [0.2, 0.25) is 11.8 Å². The van der Waals surface area contributed by atoms with Gasteiger partial charge in [-0.05, 0) is 68.3 Å². The van der Waals surface area contributed by atoms with Gasteiger partial charge in [0, 0.05) is 29.2 Å². The highest BCUT2D eigenvalue weighted by Gasteiger charge is 2.74. The summed E-state index contributed by atoms with van der Waals surface area (Å²) < 4.78 is 9.18. The number of amides is 3. The Labute approximate surface area is 268 Å². The number of anilines is 2. The molecule has 4 aliphatic heterocycles. The number of thioether (sulfide) groups is 1. The van der Waals surface area contributed by atoms with Crippen molar-refractivity contribution in [2.75, 3.05) is 43.2 Å². The highest BCUT2D eigenvalue weighted by atomic mass is 32.2. The molecule has 6 rings (SSSR count). The van der Waals surface area contributed by atoms with E-state index in [0.717, 1.165) is 11.4 Å². The summed E-state index contributed by atoms with van der Waals surface area (Å²) in [5.41, 5.74) is 1.40. The maximum Gasteiger partial charge on any atom is 0.251 e. The summed E-state index contributed by atoms with van der Waals surface area (Å²) in [6, 6.07) is 13.2. The lowest BCUT2D eigenvalue weighted by molar-refractivity contribution is -0.143. The second-order valence-corrected chi connectivity index (χ2v) is 14.4. The Morgan fingerprint density at radius 2 is 1.44 bits per heavy atom. The minimum Gasteiger partial charge on any atom is -0.497 e. The van der Waals surface area contributed by atoms with Crippen LogP contribution in [0.15, 0.2) is 72.8 Å². The maximum absolute atomic E-state index is 14.8. The first-order valence-corrected chi connectivity index (χ1v) is 16.4. The molecular weight excluding hydrogens is 590 g/mol. The summed E-state index contributed by atoms with van der Waals surface area (Å²) in [7, 11) is 1.59. The standard InChI is InChI=1S/C35H41N3O6S/c1-6-44-26-15-11-23(12-16-26)36-19-7-17-34(4)28(31(36)40)29-32(41)38(27(21-39)22(2)3)30-33(42)37(20-8-18-35(29,30)45-34)24-9-13-25(43-5)14-10-24/h7-18,22,27-30,39H,6,19-21H2,1-5H3/t27-,28+,29-,30?,34-,35-/m0/s1. The van der Waals surface area contributed by atoms with Gasteiger partial charge in [-0.15, -0.1) is 11.8 Å². The Bertz CT molecular complexity index is 1520. The van der Waals surface area contributed by atoms with Crippen LogP contribution in [0.4, 0.5) is 11.4 Å². The second-order valence-electron chi connectivity index (χ2n) is 12.6. The quantitative estimate of drug-likeness (QED) is 0.434. The molecule has 0 aliphatic carbocycles. The first-order valence-electron chi connectivity index (χ1n) is 15.6. The lowest BCUT2D eigenvalue weighted by Crippen LogP contribution is -2.58. The van der Waals surface area contributed by atoms with E-state index in [-0.39, 0.29) is 30.2 Å². The van der Waals surface area contributed by atoms with Crippen molar-refractivity contribution >= 4 is 40.9 Å². The Hall–Kier alpha value is -3.76. The number of methoxy groups -OCH3 is 1. The van der Waals surface area contributed by atoms with E-state index in [1.165, 1.54) is 11.8 Å². The van der Waals surface area contributed by atoms with E-state index in [0.29, 0.717) is 31.1 Å². The van der Waals surface area contributed by atoms with Gasteiger partial charge in [-0.1, -0.05) is 38.2 Å². The number of benzene rings is 2. The molecule has 0 bridgehead atoms. The van der Waals surface area contributed by atoms with Crippen LogP contribution in [0, 0.1) is 17.8 Å². The monoisotopic (exact) mass is 631 g/mol. The van der Waals surface area contributed by atoms with Gasteiger partial charge in [-0.25, -0.2) is 0 Å². The predicted molar refractivity (Wildman–Crippen MR) is 176 cm³/mol. The number of nitrogens with zero attached hydrogens (tertiary/aromatic N) is 3. The van der Waals surface area contributed by atoms with E-state index in [2.05, 4.69) is 0 Å². The fraction of sp³-hybridized carbons (Fsp3) is 0.457. The molecule has 238 valence electrons. The van der Waals surface area contributed by atoms with Crippen molar-refractivity contribution in [3.8, 4) is 11.5 Å². The van der Waals surface area contributed by atoms with Crippen molar-refractivity contribution in [3.05, 3.63) is 72.8 Å². The minimum atomic E-state index is -1.01. The summed E-state index contributed by atoms with van der Waals surface area (Å²) >= 11 is 1.54. The summed E-state index contributed by atoms with van der Waals surface area (Å²) in [5.74, 6) is -0.913. The Balaban J connectivity index is 1.46. The molecule has 3 amide bonds. The van der Waals surface area contributed by atoms with Crippen LogP contribution in [0.1, 0.15) is 27.7 Å². The van der Waals surface area contributed by atoms with Gasteiger partial charge in [0.1, 0.15) is 17.5 Å². The van der Waals surface area contributed by atoms with Crippen molar-refractivity contribution < 1.29 is 29.0 Å². The number of fused-ring (bicyclic) bond motifs is 2. The van der Waals surface area contributed by atoms with E-state index >= 15 is 0 Å². The molecule has 2 fully saturated rings. The third-order valence-electron chi connectivity index (χ3n) is 9.65.